The minimum atomic E-state index is -0.295. The van der Waals surface area contributed by atoms with Crippen LogP contribution in [0.4, 0.5) is 4.39 Å². The lowest BCUT2D eigenvalue weighted by atomic mass is 10.0. The largest absolute Gasteiger partial charge is 0.328 e. The van der Waals surface area contributed by atoms with Crippen LogP contribution in [0.5, 0.6) is 0 Å². The average molecular weight is 393 g/mol. The zero-order valence-corrected chi connectivity index (χ0v) is 16.4. The molecule has 4 rings (SSSR count). The predicted molar refractivity (Wildman–Crippen MR) is 108 cm³/mol. The van der Waals surface area contributed by atoms with E-state index in [1.807, 2.05) is 11.0 Å². The van der Waals surface area contributed by atoms with Crippen molar-refractivity contribution < 1.29 is 9.18 Å². The summed E-state index contributed by atoms with van der Waals surface area (Å²) in [6.45, 7) is 4.54. The maximum Gasteiger partial charge on any atom is 0.276 e. The number of piperazine rings is 1. The van der Waals surface area contributed by atoms with E-state index in [1.54, 1.807) is 16.9 Å². The van der Waals surface area contributed by atoms with Crippen LogP contribution < -0.4 is 5.32 Å². The highest BCUT2D eigenvalue weighted by Gasteiger charge is 2.30. The van der Waals surface area contributed by atoms with Crippen LogP contribution in [0.3, 0.4) is 0 Å². The van der Waals surface area contributed by atoms with Crippen LogP contribution in [0.15, 0.2) is 54.7 Å². The van der Waals surface area contributed by atoms with Gasteiger partial charge in [0.05, 0.1) is 18.8 Å². The van der Waals surface area contributed by atoms with Gasteiger partial charge in [-0.05, 0) is 35.2 Å². The van der Waals surface area contributed by atoms with Crippen LogP contribution in [0.1, 0.15) is 40.1 Å². The van der Waals surface area contributed by atoms with Gasteiger partial charge in [-0.1, -0.05) is 48.5 Å². The van der Waals surface area contributed by atoms with Gasteiger partial charge in [-0.25, -0.2) is 9.07 Å². The van der Waals surface area contributed by atoms with Gasteiger partial charge in [0.1, 0.15) is 5.82 Å². The van der Waals surface area contributed by atoms with E-state index in [4.69, 9.17) is 0 Å². The summed E-state index contributed by atoms with van der Waals surface area (Å²) in [6, 6.07) is 14.7. The van der Waals surface area contributed by atoms with Gasteiger partial charge in [-0.2, -0.15) is 0 Å². The molecule has 1 aliphatic rings. The number of halogens is 1. The first-order chi connectivity index (χ1) is 14.1. The van der Waals surface area contributed by atoms with E-state index < -0.39 is 0 Å². The lowest BCUT2D eigenvalue weighted by Crippen LogP contribution is -2.48. The molecule has 0 saturated carbocycles. The second-order valence-electron chi connectivity index (χ2n) is 7.24. The van der Waals surface area contributed by atoms with Crippen LogP contribution >= 0.6 is 0 Å². The summed E-state index contributed by atoms with van der Waals surface area (Å²) in [5.74, 6) is -0.432. The summed E-state index contributed by atoms with van der Waals surface area (Å²) < 4.78 is 15.0. The van der Waals surface area contributed by atoms with Gasteiger partial charge < -0.3 is 10.2 Å². The first kappa shape index (κ1) is 19.3. The second kappa shape index (κ2) is 8.53. The molecule has 0 bridgehead atoms. The Balaban J connectivity index is 1.51. The number of carbonyl (C=O) groups excluding carboxylic acids is 1. The Morgan fingerprint density at radius 1 is 1.21 bits per heavy atom. The van der Waals surface area contributed by atoms with Crippen molar-refractivity contribution in [3.63, 3.8) is 0 Å². The summed E-state index contributed by atoms with van der Waals surface area (Å²) in [4.78, 5) is 15.0. The minimum absolute atomic E-state index is 0.0458. The van der Waals surface area contributed by atoms with Crippen LogP contribution in [-0.4, -0.2) is 45.4 Å². The van der Waals surface area contributed by atoms with Gasteiger partial charge in [0, 0.05) is 19.6 Å². The normalized spacial score (nSPS) is 16.8. The predicted octanol–water partition coefficient (Wildman–Crippen LogP) is 2.81. The standard InChI is InChI=1S/C22H24FN5O/c1-2-16-6-8-18(9-7-16)21-13-24-10-11-28(21)22(29)20-15-27(26-25-20)14-17-4-3-5-19(23)12-17/h3-9,12,15,21,24H,2,10-11,13-14H2,1H3. The van der Waals surface area contributed by atoms with Crippen molar-refractivity contribution in [3.05, 3.63) is 82.9 Å². The Morgan fingerprint density at radius 2 is 2.03 bits per heavy atom. The molecule has 2 aromatic carbocycles. The molecule has 1 aromatic heterocycles. The molecule has 0 radical (unpaired) electrons. The van der Waals surface area contributed by atoms with Crippen LogP contribution in [-0.2, 0) is 13.0 Å². The number of rotatable bonds is 5. The third kappa shape index (κ3) is 4.35. The third-order valence-electron chi connectivity index (χ3n) is 5.27. The number of aryl methyl sites for hydroxylation is 1. The first-order valence-corrected chi connectivity index (χ1v) is 9.89. The molecule has 3 aromatic rings. The van der Waals surface area contributed by atoms with Crippen molar-refractivity contribution in [2.45, 2.75) is 25.9 Å². The molecule has 150 valence electrons. The molecule has 1 fully saturated rings. The van der Waals surface area contributed by atoms with E-state index in [0.717, 1.165) is 24.1 Å². The molecule has 1 saturated heterocycles. The molecule has 1 aliphatic heterocycles. The van der Waals surface area contributed by atoms with Gasteiger partial charge in [-0.15, -0.1) is 5.10 Å². The number of hydrogen-bond donors (Lipinski definition) is 1. The zero-order chi connectivity index (χ0) is 20.2. The molecule has 2 heterocycles. The lowest BCUT2D eigenvalue weighted by molar-refractivity contribution is 0.0628. The van der Waals surface area contributed by atoms with Crippen molar-refractivity contribution in [1.29, 1.82) is 0 Å². The van der Waals surface area contributed by atoms with Gasteiger partial charge in [0.25, 0.3) is 5.91 Å². The van der Waals surface area contributed by atoms with Crippen LogP contribution in [0, 0.1) is 5.82 Å². The Morgan fingerprint density at radius 3 is 2.79 bits per heavy atom. The average Bonchev–Trinajstić information content (AvgIpc) is 3.22. The summed E-state index contributed by atoms with van der Waals surface area (Å²) in [5, 5.41) is 11.5. The molecule has 1 N–H and O–H groups in total. The zero-order valence-electron chi connectivity index (χ0n) is 16.4. The van der Waals surface area contributed by atoms with E-state index in [9.17, 15) is 9.18 Å². The number of benzene rings is 2. The molecule has 1 atom stereocenters. The third-order valence-corrected chi connectivity index (χ3v) is 5.27. The second-order valence-corrected chi connectivity index (χ2v) is 7.24. The maximum atomic E-state index is 13.4. The number of amides is 1. The van der Waals surface area contributed by atoms with E-state index in [-0.39, 0.29) is 17.8 Å². The smallest absolute Gasteiger partial charge is 0.276 e. The summed E-state index contributed by atoms with van der Waals surface area (Å²) >= 11 is 0. The fourth-order valence-electron chi connectivity index (χ4n) is 3.66. The van der Waals surface area contributed by atoms with Crippen LogP contribution in [0.2, 0.25) is 0 Å². The Kier molecular flexibility index (Phi) is 5.67. The minimum Gasteiger partial charge on any atom is -0.328 e. The highest BCUT2D eigenvalue weighted by Crippen LogP contribution is 2.24. The fourth-order valence-corrected chi connectivity index (χ4v) is 3.66. The van der Waals surface area contributed by atoms with Gasteiger partial charge in [0.2, 0.25) is 0 Å². The van der Waals surface area contributed by atoms with Crippen molar-refractivity contribution in [1.82, 2.24) is 25.2 Å². The quantitative estimate of drug-likeness (QED) is 0.724. The molecule has 6 nitrogen and oxygen atoms in total. The van der Waals surface area contributed by atoms with Gasteiger partial charge >= 0.3 is 0 Å². The van der Waals surface area contributed by atoms with Crippen molar-refractivity contribution >= 4 is 5.91 Å². The fraction of sp³-hybridized carbons (Fsp3) is 0.318. The molecule has 29 heavy (non-hydrogen) atoms. The number of hydrogen-bond acceptors (Lipinski definition) is 4. The van der Waals surface area contributed by atoms with E-state index in [2.05, 4.69) is 46.8 Å². The molecule has 7 heteroatoms. The Hall–Kier alpha value is -3.06. The lowest BCUT2D eigenvalue weighted by Gasteiger charge is -2.36. The first-order valence-electron chi connectivity index (χ1n) is 9.89. The molecule has 1 unspecified atom stereocenters. The van der Waals surface area contributed by atoms with E-state index in [0.29, 0.717) is 25.3 Å². The number of nitrogens with zero attached hydrogens (tertiary/aromatic N) is 4. The SMILES string of the molecule is CCc1ccc(C2CNCCN2C(=O)c2cn(Cc3cccc(F)c3)nn2)cc1. The van der Waals surface area contributed by atoms with Gasteiger partial charge in [0.15, 0.2) is 5.69 Å². The summed E-state index contributed by atoms with van der Waals surface area (Å²) in [6.07, 6.45) is 2.62. The number of aromatic nitrogens is 3. The van der Waals surface area contributed by atoms with Gasteiger partial charge in [-0.3, -0.25) is 4.79 Å². The molecule has 0 aliphatic carbocycles. The number of carbonyl (C=O) groups is 1. The summed E-state index contributed by atoms with van der Waals surface area (Å²) in [5.41, 5.74) is 3.45. The molecule has 0 spiro atoms. The monoisotopic (exact) mass is 393 g/mol. The number of nitrogens with one attached hydrogen (secondary N) is 1. The highest BCUT2D eigenvalue weighted by molar-refractivity contribution is 5.92. The Bertz CT molecular complexity index is 985. The molecular weight excluding hydrogens is 369 g/mol. The van der Waals surface area contributed by atoms with Crippen molar-refractivity contribution in [2.24, 2.45) is 0 Å². The van der Waals surface area contributed by atoms with Crippen molar-refractivity contribution in [3.8, 4) is 0 Å². The van der Waals surface area contributed by atoms with E-state index in [1.165, 1.54) is 17.7 Å². The molecular formula is C22H24FN5O. The topological polar surface area (TPSA) is 63.1 Å². The van der Waals surface area contributed by atoms with Crippen molar-refractivity contribution in [2.75, 3.05) is 19.6 Å². The maximum absolute atomic E-state index is 13.4. The molecule has 1 amide bonds. The van der Waals surface area contributed by atoms with E-state index >= 15 is 0 Å². The summed E-state index contributed by atoms with van der Waals surface area (Å²) in [7, 11) is 0. The Labute approximate surface area is 169 Å². The van der Waals surface area contributed by atoms with Crippen LogP contribution in [0.25, 0.3) is 0 Å². The highest BCUT2D eigenvalue weighted by atomic mass is 19.1.